The predicted molar refractivity (Wildman–Crippen MR) is 47.5 cm³/mol. The average molecular weight is 182 g/mol. The molecule has 0 bridgehead atoms. The Kier molecular flexibility index (Phi) is 3.02. The van der Waals surface area contributed by atoms with E-state index >= 15 is 0 Å². The van der Waals surface area contributed by atoms with Gasteiger partial charge in [0.05, 0.1) is 17.6 Å². The molecule has 13 heavy (non-hydrogen) atoms. The monoisotopic (exact) mass is 182 g/mol. The van der Waals surface area contributed by atoms with Gasteiger partial charge < -0.3 is 10.2 Å². The van der Waals surface area contributed by atoms with Crippen LogP contribution in [0.4, 0.5) is 5.69 Å². The van der Waals surface area contributed by atoms with E-state index in [1.165, 1.54) is 13.3 Å². The molecular weight excluding hydrogens is 172 g/mol. The van der Waals surface area contributed by atoms with Gasteiger partial charge in [0.25, 0.3) is 5.91 Å². The van der Waals surface area contributed by atoms with Gasteiger partial charge in [-0.25, -0.2) is 0 Å². The molecule has 0 spiro atoms. The highest BCUT2D eigenvalue weighted by Gasteiger charge is 2.02. The maximum atomic E-state index is 11.0. The number of hydrogen-bond donors (Lipinski definition) is 2. The number of carbonyl (C=O) groups excluding carboxylic acids is 1. The van der Waals surface area contributed by atoms with Crippen LogP contribution >= 0.6 is 0 Å². The molecule has 0 unspecified atom stereocenters. The second kappa shape index (κ2) is 4.24. The normalized spacial score (nSPS) is 10.3. The lowest BCUT2D eigenvalue weighted by atomic mass is 10.4. The zero-order chi connectivity index (χ0) is 9.68. The fourth-order valence-electron chi connectivity index (χ4n) is 0.742. The quantitative estimate of drug-likeness (QED) is 0.520. The SMILES string of the molecule is CO/N=C/C(=O)Nc1cn[nH]c1C. The molecule has 0 aromatic carbocycles. The summed E-state index contributed by atoms with van der Waals surface area (Å²) >= 11 is 0. The third-order valence-corrected chi connectivity index (χ3v) is 1.36. The molecule has 0 saturated heterocycles. The van der Waals surface area contributed by atoms with Crippen molar-refractivity contribution in [2.75, 3.05) is 12.4 Å². The summed E-state index contributed by atoms with van der Waals surface area (Å²) < 4.78 is 0. The molecule has 0 atom stereocenters. The Balaban J connectivity index is 2.55. The molecular formula is C7H10N4O2. The second-order valence-electron chi connectivity index (χ2n) is 2.32. The van der Waals surface area contributed by atoms with E-state index in [4.69, 9.17) is 0 Å². The molecule has 1 aromatic rings. The average Bonchev–Trinajstić information content (AvgIpc) is 2.48. The van der Waals surface area contributed by atoms with E-state index in [0.717, 1.165) is 11.9 Å². The Hall–Kier alpha value is -1.85. The Morgan fingerprint density at radius 1 is 1.85 bits per heavy atom. The number of anilines is 1. The fraction of sp³-hybridized carbons (Fsp3) is 0.286. The molecule has 0 aliphatic carbocycles. The van der Waals surface area contributed by atoms with Gasteiger partial charge in [-0.2, -0.15) is 5.10 Å². The van der Waals surface area contributed by atoms with Crippen molar-refractivity contribution in [3.8, 4) is 0 Å². The molecule has 0 aliphatic rings. The van der Waals surface area contributed by atoms with Crippen molar-refractivity contribution in [2.24, 2.45) is 5.16 Å². The number of H-pyrrole nitrogens is 1. The van der Waals surface area contributed by atoms with Crippen LogP contribution in [0.5, 0.6) is 0 Å². The van der Waals surface area contributed by atoms with E-state index in [0.29, 0.717) is 5.69 Å². The molecule has 0 fully saturated rings. The maximum absolute atomic E-state index is 11.0. The first kappa shape index (κ1) is 9.24. The summed E-state index contributed by atoms with van der Waals surface area (Å²) in [6.07, 6.45) is 2.57. The molecule has 2 N–H and O–H groups in total. The number of aryl methyl sites for hydroxylation is 1. The molecule has 0 saturated carbocycles. The standard InChI is InChI=1S/C7H10N4O2/c1-5-6(3-8-11-5)10-7(12)4-9-13-2/h3-4H,1-2H3,(H,8,11)(H,10,12)/b9-4+. The number of carbonyl (C=O) groups is 1. The number of nitrogens with zero attached hydrogens (tertiary/aromatic N) is 2. The topological polar surface area (TPSA) is 79.4 Å². The van der Waals surface area contributed by atoms with Gasteiger partial charge in [-0.3, -0.25) is 9.89 Å². The van der Waals surface area contributed by atoms with Crippen LogP contribution in [-0.4, -0.2) is 29.4 Å². The lowest BCUT2D eigenvalue weighted by Gasteiger charge is -1.97. The van der Waals surface area contributed by atoms with Gasteiger partial charge in [-0.15, -0.1) is 0 Å². The molecule has 1 heterocycles. The van der Waals surface area contributed by atoms with Crippen LogP contribution in [0.15, 0.2) is 11.4 Å². The Morgan fingerprint density at radius 3 is 3.15 bits per heavy atom. The third kappa shape index (κ3) is 2.58. The van der Waals surface area contributed by atoms with Gasteiger partial charge in [-0.1, -0.05) is 5.16 Å². The Morgan fingerprint density at radius 2 is 2.62 bits per heavy atom. The molecule has 1 aromatic heterocycles. The van der Waals surface area contributed by atoms with Crippen molar-refractivity contribution < 1.29 is 9.63 Å². The maximum Gasteiger partial charge on any atom is 0.270 e. The van der Waals surface area contributed by atoms with Gasteiger partial charge in [0.2, 0.25) is 0 Å². The van der Waals surface area contributed by atoms with Gasteiger partial charge in [-0.05, 0) is 6.92 Å². The smallest absolute Gasteiger partial charge is 0.270 e. The number of amides is 1. The van der Waals surface area contributed by atoms with Crippen molar-refractivity contribution in [1.82, 2.24) is 10.2 Å². The largest absolute Gasteiger partial charge is 0.399 e. The molecule has 70 valence electrons. The molecule has 0 aliphatic heterocycles. The number of rotatable bonds is 3. The van der Waals surface area contributed by atoms with Crippen LogP contribution in [0, 0.1) is 6.92 Å². The fourth-order valence-corrected chi connectivity index (χ4v) is 0.742. The van der Waals surface area contributed by atoms with Crippen molar-refractivity contribution >= 4 is 17.8 Å². The van der Waals surface area contributed by atoms with E-state index in [9.17, 15) is 4.79 Å². The minimum Gasteiger partial charge on any atom is -0.399 e. The summed E-state index contributed by atoms with van der Waals surface area (Å²) in [4.78, 5) is 15.4. The van der Waals surface area contributed by atoms with Crippen molar-refractivity contribution in [1.29, 1.82) is 0 Å². The second-order valence-corrected chi connectivity index (χ2v) is 2.32. The summed E-state index contributed by atoms with van der Waals surface area (Å²) in [5.74, 6) is -0.355. The van der Waals surface area contributed by atoms with E-state index in [-0.39, 0.29) is 5.91 Å². The molecule has 1 amide bonds. The molecule has 6 heteroatoms. The summed E-state index contributed by atoms with van der Waals surface area (Å²) in [5, 5.41) is 12.3. The first-order valence-electron chi connectivity index (χ1n) is 3.61. The van der Waals surface area contributed by atoms with Gasteiger partial charge in [0, 0.05) is 0 Å². The van der Waals surface area contributed by atoms with Crippen molar-refractivity contribution in [3.63, 3.8) is 0 Å². The number of aromatic amines is 1. The highest BCUT2D eigenvalue weighted by Crippen LogP contribution is 2.08. The predicted octanol–water partition coefficient (Wildman–Crippen LogP) is 0.289. The van der Waals surface area contributed by atoms with Gasteiger partial charge in [0.15, 0.2) is 0 Å². The van der Waals surface area contributed by atoms with Crippen molar-refractivity contribution in [2.45, 2.75) is 6.92 Å². The molecule has 0 radical (unpaired) electrons. The van der Waals surface area contributed by atoms with Crippen LogP contribution in [0.3, 0.4) is 0 Å². The summed E-state index contributed by atoms with van der Waals surface area (Å²) in [7, 11) is 1.37. The van der Waals surface area contributed by atoms with E-state index in [1.54, 1.807) is 6.92 Å². The summed E-state index contributed by atoms with van der Waals surface area (Å²) in [5.41, 5.74) is 1.42. The molecule has 1 rings (SSSR count). The van der Waals surface area contributed by atoms with Crippen LogP contribution in [-0.2, 0) is 9.63 Å². The van der Waals surface area contributed by atoms with Crippen molar-refractivity contribution in [3.05, 3.63) is 11.9 Å². The van der Waals surface area contributed by atoms with Crippen LogP contribution in [0.2, 0.25) is 0 Å². The zero-order valence-electron chi connectivity index (χ0n) is 7.37. The number of aromatic nitrogens is 2. The highest BCUT2D eigenvalue weighted by molar-refractivity contribution is 6.31. The number of oxime groups is 1. The van der Waals surface area contributed by atoms with E-state index in [1.807, 2.05) is 0 Å². The minimum atomic E-state index is -0.355. The van der Waals surface area contributed by atoms with Crippen LogP contribution in [0.25, 0.3) is 0 Å². The van der Waals surface area contributed by atoms with Gasteiger partial charge in [0.1, 0.15) is 13.3 Å². The van der Waals surface area contributed by atoms with E-state index in [2.05, 4.69) is 25.5 Å². The lowest BCUT2D eigenvalue weighted by molar-refractivity contribution is -0.110. The number of nitrogens with one attached hydrogen (secondary N) is 2. The van der Waals surface area contributed by atoms with E-state index < -0.39 is 0 Å². The van der Waals surface area contributed by atoms with Crippen LogP contribution < -0.4 is 5.32 Å². The highest BCUT2D eigenvalue weighted by atomic mass is 16.6. The minimum absolute atomic E-state index is 0.355. The van der Waals surface area contributed by atoms with Crippen LogP contribution in [0.1, 0.15) is 5.69 Å². The lowest BCUT2D eigenvalue weighted by Crippen LogP contribution is -2.12. The Bertz CT molecular complexity index is 318. The first-order valence-corrected chi connectivity index (χ1v) is 3.61. The Labute approximate surface area is 75.0 Å². The molecule has 6 nitrogen and oxygen atoms in total. The zero-order valence-corrected chi connectivity index (χ0v) is 7.37. The first-order chi connectivity index (χ1) is 6.24. The summed E-state index contributed by atoms with van der Waals surface area (Å²) in [6.45, 7) is 1.80. The number of hydrogen-bond acceptors (Lipinski definition) is 4. The van der Waals surface area contributed by atoms with Gasteiger partial charge >= 0.3 is 0 Å². The third-order valence-electron chi connectivity index (χ3n) is 1.36. The summed E-state index contributed by atoms with van der Waals surface area (Å²) in [6, 6.07) is 0.